The molecule has 0 atom stereocenters. The minimum Gasteiger partial charge on any atom is -0.508 e. The van der Waals surface area contributed by atoms with E-state index in [9.17, 15) is 19.8 Å². The van der Waals surface area contributed by atoms with Gasteiger partial charge in [0.05, 0.1) is 24.1 Å². The zero-order valence-electron chi connectivity index (χ0n) is 17.1. The van der Waals surface area contributed by atoms with Crippen LogP contribution in [0.25, 0.3) is 5.70 Å². The molecule has 6 nitrogen and oxygen atoms in total. The Morgan fingerprint density at radius 2 is 1.68 bits per heavy atom. The van der Waals surface area contributed by atoms with E-state index in [1.807, 2.05) is 12.2 Å². The van der Waals surface area contributed by atoms with Crippen molar-refractivity contribution in [1.82, 2.24) is 4.57 Å². The molecule has 0 amide bonds. The maximum Gasteiger partial charge on any atom is 0.213 e. The Balaban J connectivity index is 1.77. The number of ether oxygens (including phenoxy) is 1. The first kappa shape index (κ1) is 20.2. The number of phenols is 2. The zero-order valence-corrected chi connectivity index (χ0v) is 17.1. The van der Waals surface area contributed by atoms with Gasteiger partial charge in [-0.05, 0) is 67.4 Å². The number of carbonyl (C=O) groups is 2. The van der Waals surface area contributed by atoms with Crippen LogP contribution in [-0.2, 0) is 0 Å². The quantitative estimate of drug-likeness (QED) is 0.579. The second kappa shape index (κ2) is 7.99. The van der Waals surface area contributed by atoms with Crippen LogP contribution < -0.4 is 4.74 Å². The fraction of sp³-hybridized carbons (Fsp3) is 0.120. The molecule has 4 rings (SSSR count). The number of methoxy groups -OCH3 is 1. The van der Waals surface area contributed by atoms with Crippen molar-refractivity contribution in [2.75, 3.05) is 7.11 Å². The lowest BCUT2D eigenvalue weighted by atomic mass is 9.97. The van der Waals surface area contributed by atoms with Gasteiger partial charge in [0.15, 0.2) is 5.78 Å². The van der Waals surface area contributed by atoms with E-state index in [1.165, 1.54) is 31.4 Å². The van der Waals surface area contributed by atoms with Crippen molar-refractivity contribution in [3.8, 4) is 17.2 Å². The van der Waals surface area contributed by atoms with E-state index >= 15 is 0 Å². The molecule has 6 heteroatoms. The van der Waals surface area contributed by atoms with Gasteiger partial charge in [0.2, 0.25) is 5.78 Å². The molecule has 1 aliphatic rings. The Kier molecular flexibility index (Phi) is 5.21. The van der Waals surface area contributed by atoms with E-state index < -0.39 is 0 Å². The average Bonchev–Trinajstić information content (AvgIpc) is 3.41. The monoisotopic (exact) mass is 415 g/mol. The fourth-order valence-corrected chi connectivity index (χ4v) is 3.77. The first-order valence-corrected chi connectivity index (χ1v) is 9.74. The van der Waals surface area contributed by atoms with Gasteiger partial charge in [0.1, 0.15) is 17.2 Å². The van der Waals surface area contributed by atoms with Crippen LogP contribution >= 0.6 is 0 Å². The van der Waals surface area contributed by atoms with Gasteiger partial charge < -0.3 is 19.5 Å². The Hall–Kier alpha value is -4.06. The maximum absolute atomic E-state index is 13.3. The number of nitrogens with zero attached hydrogens (tertiary/aromatic N) is 1. The number of allylic oxidation sites excluding steroid dienone is 4. The van der Waals surface area contributed by atoms with Crippen LogP contribution in [0.5, 0.6) is 17.2 Å². The highest BCUT2D eigenvalue weighted by Gasteiger charge is 2.25. The SMILES string of the molecule is COc1cc(O)ccc1C(=O)c1cccn1C1=C(C(=O)c2ccc(O)cc2C)CC=C1. The summed E-state index contributed by atoms with van der Waals surface area (Å²) < 4.78 is 6.96. The summed E-state index contributed by atoms with van der Waals surface area (Å²) in [6, 6.07) is 12.4. The Bertz CT molecular complexity index is 1260. The normalized spacial score (nSPS) is 13.0. The van der Waals surface area contributed by atoms with E-state index in [0.717, 1.165) is 0 Å². The molecular weight excluding hydrogens is 394 g/mol. The molecule has 2 aromatic carbocycles. The molecule has 0 bridgehead atoms. The molecule has 31 heavy (non-hydrogen) atoms. The lowest BCUT2D eigenvalue weighted by Gasteiger charge is -2.14. The van der Waals surface area contributed by atoms with Crippen LogP contribution in [0.15, 0.2) is 72.5 Å². The van der Waals surface area contributed by atoms with E-state index in [-0.39, 0.29) is 28.8 Å². The number of Topliss-reactive ketones (excluding diaryl/α,β-unsaturated/α-hetero) is 1. The van der Waals surface area contributed by atoms with Crippen LogP contribution in [-0.4, -0.2) is 33.5 Å². The molecule has 0 fully saturated rings. The van der Waals surface area contributed by atoms with Crippen molar-refractivity contribution in [2.45, 2.75) is 13.3 Å². The van der Waals surface area contributed by atoms with Gasteiger partial charge in [-0.3, -0.25) is 9.59 Å². The highest BCUT2D eigenvalue weighted by molar-refractivity contribution is 6.15. The summed E-state index contributed by atoms with van der Waals surface area (Å²) >= 11 is 0. The van der Waals surface area contributed by atoms with Crippen molar-refractivity contribution >= 4 is 17.3 Å². The topological polar surface area (TPSA) is 88.8 Å². The minimum absolute atomic E-state index is 0.00219. The molecular formula is C25H21NO5. The summed E-state index contributed by atoms with van der Waals surface area (Å²) in [6.45, 7) is 1.78. The number of phenolic OH excluding ortho intramolecular Hbond substituents is 2. The predicted octanol–water partition coefficient (Wildman–Crippen LogP) is 4.50. The van der Waals surface area contributed by atoms with Crippen LogP contribution in [0.2, 0.25) is 0 Å². The summed E-state index contributed by atoms with van der Waals surface area (Å²) in [5.74, 6) is -0.0601. The number of carbonyl (C=O) groups excluding carboxylic acids is 2. The molecule has 0 aliphatic heterocycles. The van der Waals surface area contributed by atoms with E-state index in [0.29, 0.717) is 40.1 Å². The Labute approximate surface area is 179 Å². The number of hydrogen-bond donors (Lipinski definition) is 2. The third kappa shape index (κ3) is 3.64. The molecule has 1 aliphatic carbocycles. The zero-order chi connectivity index (χ0) is 22.1. The van der Waals surface area contributed by atoms with Gasteiger partial charge in [-0.25, -0.2) is 0 Å². The smallest absolute Gasteiger partial charge is 0.213 e. The fourth-order valence-electron chi connectivity index (χ4n) is 3.77. The van der Waals surface area contributed by atoms with Gasteiger partial charge in [-0.2, -0.15) is 0 Å². The first-order chi connectivity index (χ1) is 14.9. The number of benzene rings is 2. The molecule has 1 aromatic heterocycles. The van der Waals surface area contributed by atoms with E-state index in [4.69, 9.17) is 4.74 Å². The molecule has 0 radical (unpaired) electrons. The minimum atomic E-state index is -0.290. The van der Waals surface area contributed by atoms with Crippen LogP contribution in [0.3, 0.4) is 0 Å². The van der Waals surface area contributed by atoms with Gasteiger partial charge in [-0.1, -0.05) is 6.08 Å². The molecule has 0 spiro atoms. The lowest BCUT2D eigenvalue weighted by molar-refractivity contribution is 0.102. The summed E-state index contributed by atoms with van der Waals surface area (Å²) in [7, 11) is 1.43. The number of aromatic hydroxyl groups is 2. The standard InChI is InChI=1S/C25H21NO5/c1-15-13-16(27)8-10-18(15)24(29)19-5-3-6-21(19)26-12-4-7-22(26)25(30)20-11-9-17(28)14-23(20)31-2/h3-4,6-14,27-28H,5H2,1-2H3. The summed E-state index contributed by atoms with van der Waals surface area (Å²) in [4.78, 5) is 26.5. The summed E-state index contributed by atoms with van der Waals surface area (Å²) in [6.07, 6.45) is 5.90. The van der Waals surface area contributed by atoms with Crippen molar-refractivity contribution in [1.29, 1.82) is 0 Å². The van der Waals surface area contributed by atoms with Gasteiger partial charge >= 0.3 is 0 Å². The number of hydrogen-bond acceptors (Lipinski definition) is 5. The highest BCUT2D eigenvalue weighted by atomic mass is 16.5. The number of aromatic nitrogens is 1. The van der Waals surface area contributed by atoms with Crippen LogP contribution in [0.4, 0.5) is 0 Å². The van der Waals surface area contributed by atoms with E-state index in [1.54, 1.807) is 42.0 Å². The van der Waals surface area contributed by atoms with Crippen molar-refractivity contribution in [3.05, 3.63) is 94.8 Å². The highest BCUT2D eigenvalue weighted by Crippen LogP contribution is 2.32. The predicted molar refractivity (Wildman–Crippen MR) is 117 cm³/mol. The van der Waals surface area contributed by atoms with Crippen LogP contribution in [0, 0.1) is 6.92 Å². The Morgan fingerprint density at radius 1 is 0.968 bits per heavy atom. The van der Waals surface area contributed by atoms with Gasteiger partial charge in [0, 0.05) is 23.4 Å². The molecule has 156 valence electrons. The molecule has 0 saturated carbocycles. The number of rotatable bonds is 6. The number of aryl methyl sites for hydroxylation is 1. The van der Waals surface area contributed by atoms with E-state index in [2.05, 4.69) is 0 Å². The van der Waals surface area contributed by atoms with Gasteiger partial charge in [-0.15, -0.1) is 0 Å². The average molecular weight is 415 g/mol. The molecule has 3 aromatic rings. The Morgan fingerprint density at radius 3 is 2.39 bits per heavy atom. The van der Waals surface area contributed by atoms with Crippen LogP contribution in [0.1, 0.15) is 38.4 Å². The lowest BCUT2D eigenvalue weighted by Crippen LogP contribution is -2.13. The van der Waals surface area contributed by atoms with Crippen molar-refractivity contribution < 1.29 is 24.5 Å². The largest absolute Gasteiger partial charge is 0.508 e. The number of ketones is 2. The summed E-state index contributed by atoms with van der Waals surface area (Å²) in [5, 5.41) is 19.3. The third-order valence-corrected chi connectivity index (χ3v) is 5.31. The summed E-state index contributed by atoms with van der Waals surface area (Å²) in [5.41, 5.74) is 3.07. The van der Waals surface area contributed by atoms with Crippen molar-refractivity contribution in [2.24, 2.45) is 0 Å². The molecule has 0 saturated heterocycles. The molecule has 1 heterocycles. The molecule has 2 N–H and O–H groups in total. The molecule has 0 unspecified atom stereocenters. The van der Waals surface area contributed by atoms with Gasteiger partial charge in [0.25, 0.3) is 0 Å². The second-order valence-corrected chi connectivity index (χ2v) is 7.28. The second-order valence-electron chi connectivity index (χ2n) is 7.28. The van der Waals surface area contributed by atoms with Crippen molar-refractivity contribution in [3.63, 3.8) is 0 Å². The maximum atomic E-state index is 13.3. The third-order valence-electron chi connectivity index (χ3n) is 5.31. The first-order valence-electron chi connectivity index (χ1n) is 9.74.